The summed E-state index contributed by atoms with van der Waals surface area (Å²) in [5.41, 5.74) is 2.90. The van der Waals surface area contributed by atoms with Crippen LogP contribution < -0.4 is 16.0 Å². The molecule has 0 spiro atoms. The molecule has 3 heterocycles. The summed E-state index contributed by atoms with van der Waals surface area (Å²) in [6.45, 7) is 8.68. The van der Waals surface area contributed by atoms with E-state index in [1.807, 2.05) is 51.1 Å². The number of rotatable bonds is 13. The van der Waals surface area contributed by atoms with Crippen molar-refractivity contribution in [2.45, 2.75) is 70.0 Å². The molecule has 0 aromatic heterocycles. The monoisotopic (exact) mass is 656 g/mol. The van der Waals surface area contributed by atoms with Gasteiger partial charge < -0.3 is 35.3 Å². The summed E-state index contributed by atoms with van der Waals surface area (Å²) >= 11 is 0. The first-order valence-corrected chi connectivity index (χ1v) is 17.2. The molecule has 5 atom stereocenters. The van der Waals surface area contributed by atoms with Gasteiger partial charge in [0.1, 0.15) is 6.10 Å². The van der Waals surface area contributed by atoms with Gasteiger partial charge in [-0.1, -0.05) is 44.2 Å². The Labute approximate surface area is 270 Å². The van der Waals surface area contributed by atoms with E-state index >= 15 is 0 Å². The standard InChI is InChI=1S/C33H44N4O8S/c1-5-34-21(4)30-25-16-23(11-12-26(25)35-31(30)39)46(41,42)37(17-20(2)3)18-28(38)27(15-22-9-7-6-8-10-22)36-33(40)45-29-19-44-32-24(29)13-14-43-32/h6-12,16,20,24,27-29,32,34,38H,5,13-15,17-19H2,1-4H3,(H,35,39)(H,36,40). The maximum absolute atomic E-state index is 14.2. The van der Waals surface area contributed by atoms with Crippen LogP contribution in [0.1, 0.15) is 45.2 Å². The van der Waals surface area contributed by atoms with Gasteiger partial charge in [0.15, 0.2) is 6.29 Å². The molecule has 0 saturated carbocycles. The quantitative estimate of drug-likeness (QED) is 0.238. The van der Waals surface area contributed by atoms with E-state index in [4.69, 9.17) is 14.2 Å². The molecule has 2 fully saturated rings. The summed E-state index contributed by atoms with van der Waals surface area (Å²) < 4.78 is 46.4. The van der Waals surface area contributed by atoms with E-state index in [1.54, 1.807) is 13.0 Å². The molecule has 13 heteroatoms. The number of fused-ring (bicyclic) bond motifs is 2. The Morgan fingerprint density at radius 3 is 2.63 bits per heavy atom. The topological polar surface area (TPSA) is 156 Å². The van der Waals surface area contributed by atoms with Crippen LogP contribution >= 0.6 is 0 Å². The summed E-state index contributed by atoms with van der Waals surface area (Å²) in [4.78, 5) is 25.9. The average molecular weight is 657 g/mol. The number of amides is 2. The van der Waals surface area contributed by atoms with Crippen LogP contribution in [-0.4, -0.2) is 87.2 Å². The summed E-state index contributed by atoms with van der Waals surface area (Å²) in [5.74, 6) is -0.426. The first kappa shape index (κ1) is 33.9. The second-order valence-corrected chi connectivity index (χ2v) is 14.3. The van der Waals surface area contributed by atoms with E-state index in [2.05, 4.69) is 16.0 Å². The van der Waals surface area contributed by atoms with Crippen LogP contribution in [-0.2, 0) is 35.4 Å². The number of allylic oxidation sites excluding steroid dienone is 1. The van der Waals surface area contributed by atoms with Crippen molar-refractivity contribution in [3.8, 4) is 0 Å². The van der Waals surface area contributed by atoms with Crippen molar-refractivity contribution in [1.29, 1.82) is 0 Å². The second-order valence-electron chi connectivity index (χ2n) is 12.4. The van der Waals surface area contributed by atoms with E-state index in [0.717, 1.165) is 12.0 Å². The third kappa shape index (κ3) is 7.55. The molecule has 0 bridgehead atoms. The summed E-state index contributed by atoms with van der Waals surface area (Å²) in [6, 6.07) is 13.0. The third-order valence-corrected chi connectivity index (χ3v) is 10.3. The number of aliphatic hydroxyl groups is 1. The number of hydrogen-bond acceptors (Lipinski definition) is 9. The van der Waals surface area contributed by atoms with Gasteiger partial charge in [0.05, 0.1) is 41.7 Å². The Morgan fingerprint density at radius 2 is 1.91 bits per heavy atom. The lowest BCUT2D eigenvalue weighted by molar-refractivity contribution is -0.110. The Bertz CT molecular complexity index is 1550. The summed E-state index contributed by atoms with van der Waals surface area (Å²) in [6.07, 6.45) is -1.90. The molecule has 2 aromatic carbocycles. The van der Waals surface area contributed by atoms with Crippen LogP contribution in [0.25, 0.3) is 5.57 Å². The van der Waals surface area contributed by atoms with Gasteiger partial charge in [-0.3, -0.25) is 4.79 Å². The van der Waals surface area contributed by atoms with Crippen molar-refractivity contribution in [3.05, 3.63) is 65.4 Å². The van der Waals surface area contributed by atoms with Crippen molar-refractivity contribution in [3.63, 3.8) is 0 Å². The zero-order valence-corrected chi connectivity index (χ0v) is 27.5. The van der Waals surface area contributed by atoms with Gasteiger partial charge in [-0.25, -0.2) is 13.2 Å². The molecule has 5 unspecified atom stereocenters. The third-order valence-electron chi connectivity index (χ3n) is 8.46. The van der Waals surface area contributed by atoms with Gasteiger partial charge in [-0.15, -0.1) is 0 Å². The molecule has 0 aliphatic carbocycles. The molecular formula is C33H44N4O8S. The smallest absolute Gasteiger partial charge is 0.407 e. The molecule has 4 N–H and O–H groups in total. The first-order valence-electron chi connectivity index (χ1n) is 15.8. The van der Waals surface area contributed by atoms with Crippen molar-refractivity contribution in [1.82, 2.24) is 14.9 Å². The van der Waals surface area contributed by atoms with E-state index in [0.29, 0.717) is 35.7 Å². The Hall–Kier alpha value is -3.49. The molecule has 2 saturated heterocycles. The number of carbonyl (C=O) groups excluding carboxylic acids is 2. The number of hydrogen-bond donors (Lipinski definition) is 4. The fraction of sp³-hybridized carbons (Fsp3) is 0.515. The fourth-order valence-corrected chi connectivity index (χ4v) is 7.87. The number of benzene rings is 2. The molecule has 2 amide bonds. The number of ether oxygens (including phenoxy) is 3. The molecule has 46 heavy (non-hydrogen) atoms. The maximum Gasteiger partial charge on any atom is 0.407 e. The van der Waals surface area contributed by atoms with E-state index in [-0.39, 0.29) is 55.0 Å². The van der Waals surface area contributed by atoms with Gasteiger partial charge >= 0.3 is 6.09 Å². The average Bonchev–Trinajstić information content (AvgIpc) is 3.71. The Morgan fingerprint density at radius 1 is 1.15 bits per heavy atom. The lowest BCUT2D eigenvalue weighted by Gasteiger charge is -2.31. The lowest BCUT2D eigenvalue weighted by atomic mass is 10.0. The minimum Gasteiger partial charge on any atom is -0.443 e. The highest BCUT2D eigenvalue weighted by Gasteiger charge is 2.44. The Kier molecular flexibility index (Phi) is 10.7. The number of nitrogens with one attached hydrogen (secondary N) is 3. The van der Waals surface area contributed by atoms with Gasteiger partial charge in [0.2, 0.25) is 10.0 Å². The number of sulfonamides is 1. The molecule has 12 nitrogen and oxygen atoms in total. The zero-order chi connectivity index (χ0) is 33.0. The van der Waals surface area contributed by atoms with Crippen LogP contribution in [0.2, 0.25) is 0 Å². The molecule has 2 aromatic rings. The lowest BCUT2D eigenvalue weighted by Crippen LogP contribution is -2.51. The predicted molar refractivity (Wildman–Crippen MR) is 172 cm³/mol. The molecule has 5 rings (SSSR count). The number of carbonyl (C=O) groups is 2. The van der Waals surface area contributed by atoms with E-state index < -0.39 is 34.4 Å². The van der Waals surface area contributed by atoms with Crippen LogP contribution in [0.3, 0.4) is 0 Å². The summed E-state index contributed by atoms with van der Waals surface area (Å²) in [7, 11) is -4.14. The van der Waals surface area contributed by atoms with Crippen molar-refractivity contribution < 1.29 is 37.3 Å². The van der Waals surface area contributed by atoms with Crippen LogP contribution in [0.5, 0.6) is 0 Å². The van der Waals surface area contributed by atoms with Gasteiger partial charge in [-0.05, 0) is 56.4 Å². The van der Waals surface area contributed by atoms with Gasteiger partial charge in [0, 0.05) is 36.6 Å². The minimum atomic E-state index is -4.14. The number of alkyl carbamates (subject to hydrolysis) is 1. The first-order chi connectivity index (χ1) is 22.0. The maximum atomic E-state index is 14.2. The second kappa shape index (κ2) is 14.5. The van der Waals surface area contributed by atoms with Crippen LogP contribution in [0.15, 0.2) is 59.1 Å². The SMILES string of the molecule is CCNC(C)=C1C(=O)Nc2ccc(S(=O)(=O)N(CC(C)C)CC(O)C(Cc3ccccc3)NC(=O)OC3COC4OCCC34)cc21. The van der Waals surface area contributed by atoms with Crippen LogP contribution in [0, 0.1) is 11.8 Å². The normalized spacial score (nSPS) is 23.1. The highest BCUT2D eigenvalue weighted by Crippen LogP contribution is 2.36. The molecule has 250 valence electrons. The number of anilines is 1. The molecule has 3 aliphatic heterocycles. The van der Waals surface area contributed by atoms with Gasteiger partial charge in [-0.2, -0.15) is 4.31 Å². The van der Waals surface area contributed by atoms with E-state index in [1.165, 1.54) is 16.4 Å². The van der Waals surface area contributed by atoms with Crippen molar-refractivity contribution in [2.24, 2.45) is 11.8 Å². The van der Waals surface area contributed by atoms with Crippen molar-refractivity contribution in [2.75, 3.05) is 38.2 Å². The number of nitrogens with zero attached hydrogens (tertiary/aromatic N) is 1. The molecule has 3 aliphatic rings. The largest absolute Gasteiger partial charge is 0.443 e. The van der Waals surface area contributed by atoms with E-state index in [9.17, 15) is 23.1 Å². The molecular weight excluding hydrogens is 612 g/mol. The van der Waals surface area contributed by atoms with Crippen LogP contribution in [0.4, 0.5) is 10.5 Å². The fourth-order valence-electron chi connectivity index (χ4n) is 6.22. The predicted octanol–water partition coefficient (Wildman–Crippen LogP) is 3.09. The van der Waals surface area contributed by atoms with Gasteiger partial charge in [0.25, 0.3) is 5.91 Å². The summed E-state index contributed by atoms with van der Waals surface area (Å²) in [5, 5.41) is 20.3. The van der Waals surface area contributed by atoms with Crippen molar-refractivity contribution >= 4 is 33.3 Å². The number of aliphatic hydroxyl groups excluding tert-OH is 1. The highest BCUT2D eigenvalue weighted by molar-refractivity contribution is 7.89. The minimum absolute atomic E-state index is 0.000975. The Balaban J connectivity index is 1.38. The highest BCUT2D eigenvalue weighted by atomic mass is 32.2. The zero-order valence-electron chi connectivity index (χ0n) is 26.7. The molecule has 0 radical (unpaired) electrons.